The van der Waals surface area contributed by atoms with Gasteiger partial charge in [0.25, 0.3) is 5.91 Å². The third-order valence-electron chi connectivity index (χ3n) is 2.70. The molecule has 2 N–H and O–H groups in total. The van der Waals surface area contributed by atoms with Crippen molar-refractivity contribution in [1.82, 2.24) is 10.3 Å². The molecule has 0 bridgehead atoms. The highest BCUT2D eigenvalue weighted by atomic mass is 19.1. The summed E-state index contributed by atoms with van der Waals surface area (Å²) in [6.07, 6.45) is 1.50. The molecule has 0 aliphatic heterocycles. The van der Waals surface area contributed by atoms with Crippen LogP contribution in [0.5, 0.6) is 0 Å². The minimum Gasteiger partial charge on any atom is -0.356 e. The second-order valence-corrected chi connectivity index (χ2v) is 4.17. The second-order valence-electron chi connectivity index (χ2n) is 4.17. The number of halogens is 1. The number of H-pyrrole nitrogens is 1. The second kappa shape index (κ2) is 5.48. The average Bonchev–Trinajstić information content (AvgIpc) is 2.87. The summed E-state index contributed by atoms with van der Waals surface area (Å²) in [6, 6.07) is 7.38. The smallest absolute Gasteiger partial charge is 0.267 e. The number of Topliss-reactive ketones (excluding diaryl/α,β-unsaturated/α-hetero) is 1. The minimum absolute atomic E-state index is 0.103. The van der Waals surface area contributed by atoms with Gasteiger partial charge in [0.2, 0.25) is 0 Å². The molecular formula is C14H13FN2O2. The summed E-state index contributed by atoms with van der Waals surface area (Å²) in [6.45, 7) is 1.73. The van der Waals surface area contributed by atoms with Crippen molar-refractivity contribution in [3.63, 3.8) is 0 Å². The largest absolute Gasteiger partial charge is 0.356 e. The number of carbonyl (C=O) groups excluding carboxylic acids is 2. The minimum atomic E-state index is -0.314. The molecule has 1 amide bonds. The molecule has 0 spiro atoms. The van der Waals surface area contributed by atoms with Crippen molar-refractivity contribution in [3.05, 3.63) is 59.2 Å². The van der Waals surface area contributed by atoms with E-state index in [1.165, 1.54) is 31.3 Å². The van der Waals surface area contributed by atoms with Crippen LogP contribution >= 0.6 is 0 Å². The molecule has 1 heterocycles. The Hall–Kier alpha value is -2.43. The molecule has 98 valence electrons. The van der Waals surface area contributed by atoms with Gasteiger partial charge in [0.1, 0.15) is 11.5 Å². The lowest BCUT2D eigenvalue weighted by Gasteiger charge is -2.03. The van der Waals surface area contributed by atoms with Crippen LogP contribution in [0.2, 0.25) is 0 Å². The first-order chi connectivity index (χ1) is 9.06. The van der Waals surface area contributed by atoms with E-state index in [0.717, 1.165) is 5.56 Å². The van der Waals surface area contributed by atoms with Crippen molar-refractivity contribution in [3.8, 4) is 0 Å². The van der Waals surface area contributed by atoms with Crippen LogP contribution in [0.4, 0.5) is 4.39 Å². The highest BCUT2D eigenvalue weighted by Crippen LogP contribution is 2.06. The Kier molecular flexibility index (Phi) is 3.75. The quantitative estimate of drug-likeness (QED) is 0.828. The first-order valence-corrected chi connectivity index (χ1v) is 5.78. The molecule has 0 saturated heterocycles. The molecule has 0 fully saturated rings. The molecule has 19 heavy (non-hydrogen) atoms. The summed E-state index contributed by atoms with van der Waals surface area (Å²) in [5.74, 6) is -0.726. The van der Waals surface area contributed by atoms with Crippen LogP contribution in [0, 0.1) is 5.82 Å². The number of amides is 1. The number of aromatic nitrogens is 1. The first-order valence-electron chi connectivity index (χ1n) is 5.78. The van der Waals surface area contributed by atoms with E-state index < -0.39 is 0 Å². The Bertz CT molecular complexity index is 602. The van der Waals surface area contributed by atoms with E-state index in [4.69, 9.17) is 0 Å². The lowest BCUT2D eigenvalue weighted by atomic mass is 10.2. The van der Waals surface area contributed by atoms with Gasteiger partial charge in [-0.3, -0.25) is 9.59 Å². The summed E-state index contributed by atoms with van der Waals surface area (Å²) in [5.41, 5.74) is 1.59. The Labute approximate surface area is 109 Å². The molecule has 0 radical (unpaired) electrons. The van der Waals surface area contributed by atoms with Crippen LogP contribution in [0.25, 0.3) is 0 Å². The van der Waals surface area contributed by atoms with Gasteiger partial charge in [-0.2, -0.15) is 0 Å². The molecule has 2 aromatic rings. The fourth-order valence-electron chi connectivity index (χ4n) is 1.61. The number of carbonyl (C=O) groups is 2. The number of nitrogens with one attached hydrogen (secondary N) is 2. The van der Waals surface area contributed by atoms with Gasteiger partial charge >= 0.3 is 0 Å². The maximum atomic E-state index is 12.7. The van der Waals surface area contributed by atoms with E-state index >= 15 is 0 Å². The standard InChI is InChI=1S/C14H13FN2O2/c1-9(18)11-6-13(16-8-11)14(19)17-7-10-2-4-12(15)5-3-10/h2-6,8,16H,7H2,1H3,(H,17,19). The third-order valence-corrected chi connectivity index (χ3v) is 2.70. The molecule has 0 saturated carbocycles. The normalized spacial score (nSPS) is 10.2. The Balaban J connectivity index is 1.97. The van der Waals surface area contributed by atoms with Gasteiger partial charge in [-0.15, -0.1) is 0 Å². The predicted molar refractivity (Wildman–Crippen MR) is 68.4 cm³/mol. The Morgan fingerprint density at radius 1 is 1.26 bits per heavy atom. The van der Waals surface area contributed by atoms with E-state index in [0.29, 0.717) is 17.8 Å². The van der Waals surface area contributed by atoms with Crippen molar-refractivity contribution in [1.29, 1.82) is 0 Å². The Morgan fingerprint density at radius 2 is 1.95 bits per heavy atom. The molecule has 0 unspecified atom stereocenters. The van der Waals surface area contributed by atoms with E-state index in [1.807, 2.05) is 0 Å². The number of hydrogen-bond acceptors (Lipinski definition) is 2. The topological polar surface area (TPSA) is 62.0 Å². The summed E-state index contributed by atoms with van der Waals surface area (Å²) >= 11 is 0. The van der Waals surface area contributed by atoms with Crippen LogP contribution < -0.4 is 5.32 Å². The number of rotatable bonds is 4. The van der Waals surface area contributed by atoms with E-state index in [2.05, 4.69) is 10.3 Å². The van der Waals surface area contributed by atoms with Crippen molar-refractivity contribution in [2.24, 2.45) is 0 Å². The highest BCUT2D eigenvalue weighted by Gasteiger charge is 2.10. The molecule has 2 rings (SSSR count). The molecule has 5 heteroatoms. The van der Waals surface area contributed by atoms with Crippen molar-refractivity contribution in [2.45, 2.75) is 13.5 Å². The molecule has 0 atom stereocenters. The summed E-state index contributed by atoms with van der Waals surface area (Å²) in [4.78, 5) is 25.6. The summed E-state index contributed by atoms with van der Waals surface area (Å²) in [7, 11) is 0. The molecule has 1 aromatic carbocycles. The lowest BCUT2D eigenvalue weighted by Crippen LogP contribution is -2.23. The van der Waals surface area contributed by atoms with Crippen molar-refractivity contribution < 1.29 is 14.0 Å². The van der Waals surface area contributed by atoms with Gasteiger partial charge in [-0.05, 0) is 30.7 Å². The molecule has 1 aromatic heterocycles. The fourth-order valence-corrected chi connectivity index (χ4v) is 1.61. The zero-order valence-corrected chi connectivity index (χ0v) is 10.4. The van der Waals surface area contributed by atoms with Crippen LogP contribution in [0.15, 0.2) is 36.5 Å². The lowest BCUT2D eigenvalue weighted by molar-refractivity contribution is 0.0946. The van der Waals surface area contributed by atoms with Crippen molar-refractivity contribution in [2.75, 3.05) is 0 Å². The van der Waals surface area contributed by atoms with E-state index in [9.17, 15) is 14.0 Å². The maximum absolute atomic E-state index is 12.7. The third kappa shape index (κ3) is 3.28. The van der Waals surface area contributed by atoms with Crippen molar-refractivity contribution >= 4 is 11.7 Å². The van der Waals surface area contributed by atoms with Gasteiger partial charge < -0.3 is 10.3 Å². The summed E-state index contributed by atoms with van der Waals surface area (Å²) in [5, 5.41) is 2.68. The number of benzene rings is 1. The number of aromatic amines is 1. The zero-order chi connectivity index (χ0) is 13.8. The Morgan fingerprint density at radius 3 is 2.53 bits per heavy atom. The van der Waals surface area contributed by atoms with Gasteiger partial charge in [0.15, 0.2) is 5.78 Å². The average molecular weight is 260 g/mol. The molecular weight excluding hydrogens is 247 g/mol. The van der Waals surface area contributed by atoms with Crippen LogP contribution in [0.1, 0.15) is 33.3 Å². The van der Waals surface area contributed by atoms with Crippen LogP contribution in [0.3, 0.4) is 0 Å². The monoisotopic (exact) mass is 260 g/mol. The predicted octanol–water partition coefficient (Wildman–Crippen LogP) is 2.29. The van der Waals surface area contributed by atoms with Gasteiger partial charge in [-0.1, -0.05) is 12.1 Å². The van der Waals surface area contributed by atoms with Crippen LogP contribution in [-0.2, 0) is 6.54 Å². The van der Waals surface area contributed by atoms with Gasteiger partial charge in [0, 0.05) is 18.3 Å². The SMILES string of the molecule is CC(=O)c1c[nH]c(C(=O)NCc2ccc(F)cc2)c1. The summed E-state index contributed by atoms with van der Waals surface area (Å²) < 4.78 is 12.7. The molecule has 4 nitrogen and oxygen atoms in total. The molecule has 0 aliphatic rings. The highest BCUT2D eigenvalue weighted by molar-refractivity contribution is 5.99. The van der Waals surface area contributed by atoms with Gasteiger partial charge in [-0.25, -0.2) is 4.39 Å². The first kappa shape index (κ1) is 13.0. The van der Waals surface area contributed by atoms with E-state index in [1.54, 1.807) is 12.1 Å². The maximum Gasteiger partial charge on any atom is 0.267 e. The van der Waals surface area contributed by atoms with Crippen LogP contribution in [-0.4, -0.2) is 16.7 Å². The zero-order valence-electron chi connectivity index (χ0n) is 10.4. The number of hydrogen-bond donors (Lipinski definition) is 2. The fraction of sp³-hybridized carbons (Fsp3) is 0.143. The molecule has 0 aliphatic carbocycles. The number of ketones is 1. The van der Waals surface area contributed by atoms with Gasteiger partial charge in [0.05, 0.1) is 0 Å². The van der Waals surface area contributed by atoms with E-state index in [-0.39, 0.29) is 17.5 Å².